The lowest BCUT2D eigenvalue weighted by Gasteiger charge is -2.10. The van der Waals surface area contributed by atoms with Crippen molar-refractivity contribution in [2.45, 2.75) is 26.7 Å². The fourth-order valence-corrected chi connectivity index (χ4v) is 1.86. The molecule has 0 aliphatic rings. The predicted octanol–water partition coefficient (Wildman–Crippen LogP) is 1.81. The Morgan fingerprint density at radius 3 is 2.88 bits per heavy atom. The number of nitrogens with zero attached hydrogens (tertiary/aromatic N) is 2. The zero-order chi connectivity index (χ0) is 12.0. The van der Waals surface area contributed by atoms with Gasteiger partial charge in [0.15, 0.2) is 5.96 Å². The maximum absolute atomic E-state index is 5.75. The van der Waals surface area contributed by atoms with Gasteiger partial charge in [-0.05, 0) is 5.92 Å². The number of aliphatic imine (C=N–C) groups is 1. The molecule has 16 heavy (non-hydrogen) atoms. The van der Waals surface area contributed by atoms with Crippen molar-refractivity contribution in [3.8, 4) is 0 Å². The van der Waals surface area contributed by atoms with Crippen LogP contribution in [0.5, 0.6) is 0 Å². The number of rotatable bonds is 5. The van der Waals surface area contributed by atoms with Crippen LogP contribution in [0.15, 0.2) is 16.6 Å². The van der Waals surface area contributed by atoms with E-state index in [1.165, 1.54) is 0 Å². The minimum absolute atomic E-state index is 0.368. The van der Waals surface area contributed by atoms with Crippen LogP contribution in [0.1, 0.15) is 31.7 Å². The summed E-state index contributed by atoms with van der Waals surface area (Å²) in [5, 5.41) is 6.24. The minimum atomic E-state index is 0.368. The molecule has 4 nitrogen and oxygen atoms in total. The van der Waals surface area contributed by atoms with Crippen LogP contribution < -0.4 is 11.1 Å². The third kappa shape index (κ3) is 4.61. The highest BCUT2D eigenvalue weighted by molar-refractivity contribution is 7.09. The van der Waals surface area contributed by atoms with Gasteiger partial charge in [0.2, 0.25) is 0 Å². The number of guanidine groups is 1. The van der Waals surface area contributed by atoms with Gasteiger partial charge < -0.3 is 11.1 Å². The zero-order valence-corrected chi connectivity index (χ0v) is 10.9. The molecule has 1 aromatic rings. The zero-order valence-electron chi connectivity index (χ0n) is 10.1. The molecular weight excluding hydrogens is 220 g/mol. The molecule has 90 valence electrons. The van der Waals surface area contributed by atoms with E-state index in [1.807, 2.05) is 11.6 Å². The molecule has 1 unspecified atom stereocenters. The van der Waals surface area contributed by atoms with Crippen molar-refractivity contribution in [2.24, 2.45) is 16.6 Å². The molecule has 5 heteroatoms. The van der Waals surface area contributed by atoms with Crippen molar-refractivity contribution >= 4 is 17.3 Å². The van der Waals surface area contributed by atoms with Gasteiger partial charge in [-0.25, -0.2) is 4.98 Å². The number of hydrogen-bond acceptors (Lipinski definition) is 3. The maximum Gasteiger partial charge on any atom is 0.188 e. The molecule has 1 atom stereocenters. The molecule has 0 aliphatic heterocycles. The van der Waals surface area contributed by atoms with Crippen LogP contribution in [0.2, 0.25) is 0 Å². The van der Waals surface area contributed by atoms with Gasteiger partial charge in [0.1, 0.15) is 0 Å². The van der Waals surface area contributed by atoms with Crippen LogP contribution in [0.25, 0.3) is 0 Å². The van der Waals surface area contributed by atoms with E-state index in [0.717, 1.165) is 18.1 Å². The highest BCUT2D eigenvalue weighted by Crippen LogP contribution is 2.15. The molecule has 3 N–H and O–H groups in total. The van der Waals surface area contributed by atoms with Crippen LogP contribution >= 0.6 is 11.3 Å². The third-order valence-corrected chi connectivity index (χ3v) is 3.10. The van der Waals surface area contributed by atoms with E-state index in [4.69, 9.17) is 5.73 Å². The number of nitrogens with two attached hydrogens (primary N) is 1. The molecule has 0 fully saturated rings. The van der Waals surface area contributed by atoms with Crippen molar-refractivity contribution in [3.63, 3.8) is 0 Å². The quantitative estimate of drug-likeness (QED) is 0.609. The molecule has 0 aromatic carbocycles. The summed E-state index contributed by atoms with van der Waals surface area (Å²) in [6.45, 7) is 7.91. The smallest absolute Gasteiger partial charge is 0.188 e. The number of hydrogen-bond donors (Lipinski definition) is 2. The SMILES string of the molecule is CC(C)CN=C(N)NCC(C)c1nccs1. The first kappa shape index (κ1) is 13.0. The van der Waals surface area contributed by atoms with Gasteiger partial charge in [-0.15, -0.1) is 11.3 Å². The van der Waals surface area contributed by atoms with Crippen molar-refractivity contribution in [2.75, 3.05) is 13.1 Å². The Labute approximate surface area is 101 Å². The molecule has 0 radical (unpaired) electrons. The molecule has 1 heterocycles. The molecular formula is C11H20N4S. The van der Waals surface area contributed by atoms with E-state index < -0.39 is 0 Å². The second-order valence-corrected chi connectivity index (χ2v) is 5.20. The Hall–Kier alpha value is -1.10. The Morgan fingerprint density at radius 1 is 1.56 bits per heavy atom. The average Bonchev–Trinajstić information content (AvgIpc) is 2.76. The van der Waals surface area contributed by atoms with E-state index in [9.17, 15) is 0 Å². The summed E-state index contributed by atoms with van der Waals surface area (Å²) in [5.41, 5.74) is 5.75. The topological polar surface area (TPSA) is 63.3 Å². The van der Waals surface area contributed by atoms with Gasteiger partial charge in [-0.2, -0.15) is 0 Å². The van der Waals surface area contributed by atoms with Crippen molar-refractivity contribution < 1.29 is 0 Å². The lowest BCUT2D eigenvalue weighted by atomic mass is 10.2. The van der Waals surface area contributed by atoms with E-state index in [2.05, 4.69) is 36.1 Å². The summed E-state index contributed by atoms with van der Waals surface area (Å²) in [4.78, 5) is 8.51. The van der Waals surface area contributed by atoms with Crippen LogP contribution in [-0.4, -0.2) is 24.0 Å². The van der Waals surface area contributed by atoms with Crippen molar-refractivity contribution in [1.29, 1.82) is 0 Å². The standard InChI is InChI=1S/C11H20N4S/c1-8(2)6-14-11(12)15-7-9(3)10-13-4-5-16-10/h4-5,8-9H,6-7H2,1-3H3,(H3,12,14,15). The van der Waals surface area contributed by atoms with Crippen LogP contribution in [0, 0.1) is 5.92 Å². The molecule has 0 amide bonds. The van der Waals surface area contributed by atoms with Gasteiger partial charge in [0.25, 0.3) is 0 Å². The molecule has 1 rings (SSSR count). The van der Waals surface area contributed by atoms with E-state index in [1.54, 1.807) is 11.3 Å². The summed E-state index contributed by atoms with van der Waals surface area (Å²) in [6.07, 6.45) is 1.83. The predicted molar refractivity (Wildman–Crippen MR) is 69.9 cm³/mol. The Kier molecular flexibility index (Phi) is 5.25. The van der Waals surface area contributed by atoms with E-state index >= 15 is 0 Å². The van der Waals surface area contributed by atoms with Crippen LogP contribution in [0.3, 0.4) is 0 Å². The number of aromatic nitrogens is 1. The van der Waals surface area contributed by atoms with E-state index in [-0.39, 0.29) is 0 Å². The average molecular weight is 240 g/mol. The third-order valence-electron chi connectivity index (χ3n) is 2.09. The second-order valence-electron chi connectivity index (χ2n) is 4.27. The lowest BCUT2D eigenvalue weighted by molar-refractivity contribution is 0.656. The summed E-state index contributed by atoms with van der Waals surface area (Å²) in [7, 11) is 0. The molecule has 0 bridgehead atoms. The molecule has 1 aromatic heterocycles. The number of thiazole rings is 1. The Balaban J connectivity index is 2.31. The van der Waals surface area contributed by atoms with Gasteiger partial charge in [-0.1, -0.05) is 20.8 Å². The molecule has 0 spiro atoms. The normalized spacial score (nSPS) is 14.1. The summed E-state index contributed by atoms with van der Waals surface area (Å²) >= 11 is 1.67. The minimum Gasteiger partial charge on any atom is -0.370 e. The fourth-order valence-electron chi connectivity index (χ4n) is 1.16. The van der Waals surface area contributed by atoms with Crippen molar-refractivity contribution in [3.05, 3.63) is 16.6 Å². The highest BCUT2D eigenvalue weighted by Gasteiger charge is 2.07. The summed E-state index contributed by atoms with van der Waals surface area (Å²) in [6, 6.07) is 0. The van der Waals surface area contributed by atoms with Gasteiger partial charge >= 0.3 is 0 Å². The monoisotopic (exact) mass is 240 g/mol. The maximum atomic E-state index is 5.75. The molecule has 0 aliphatic carbocycles. The van der Waals surface area contributed by atoms with Crippen LogP contribution in [0.4, 0.5) is 0 Å². The Morgan fingerprint density at radius 2 is 2.31 bits per heavy atom. The van der Waals surface area contributed by atoms with E-state index in [0.29, 0.717) is 17.8 Å². The van der Waals surface area contributed by atoms with Gasteiger partial charge in [0.05, 0.1) is 5.01 Å². The summed E-state index contributed by atoms with van der Waals surface area (Å²) < 4.78 is 0. The first-order chi connectivity index (χ1) is 7.59. The lowest BCUT2D eigenvalue weighted by Crippen LogP contribution is -2.34. The second kappa shape index (κ2) is 6.48. The molecule has 0 saturated heterocycles. The first-order valence-corrected chi connectivity index (χ1v) is 6.40. The largest absolute Gasteiger partial charge is 0.370 e. The van der Waals surface area contributed by atoms with Crippen molar-refractivity contribution in [1.82, 2.24) is 10.3 Å². The molecule has 0 saturated carbocycles. The highest BCUT2D eigenvalue weighted by atomic mass is 32.1. The Bertz CT molecular complexity index is 319. The van der Waals surface area contributed by atoms with Gasteiger partial charge in [-0.3, -0.25) is 4.99 Å². The fraction of sp³-hybridized carbons (Fsp3) is 0.636. The van der Waals surface area contributed by atoms with Crippen LogP contribution in [-0.2, 0) is 0 Å². The number of nitrogens with one attached hydrogen (secondary N) is 1. The van der Waals surface area contributed by atoms with Gasteiger partial charge in [0, 0.05) is 30.6 Å². The summed E-state index contributed by atoms with van der Waals surface area (Å²) in [5.74, 6) is 1.43. The first-order valence-electron chi connectivity index (χ1n) is 5.52.